The van der Waals surface area contributed by atoms with Crippen LogP contribution in [0.4, 0.5) is 17.5 Å². The molecular weight excluding hydrogens is 345 g/mol. The number of aromatic nitrogens is 4. The molecule has 2 aromatic heterocycles. The van der Waals surface area contributed by atoms with Gasteiger partial charge in [0.15, 0.2) is 17.0 Å². The molecule has 0 radical (unpaired) electrons. The maximum Gasteiger partial charge on any atom is 1.00 e. The Balaban J connectivity index is 0.00000243. The van der Waals surface area contributed by atoms with Gasteiger partial charge in [-0.05, 0) is 24.3 Å². The van der Waals surface area contributed by atoms with Crippen LogP contribution >= 0.6 is 0 Å². The standard InChI is InChI=1S/C16H17N7O2.Na/c1-23(11-4-2-9(3-5-11)15(24)25)7-6-10-8-19-14-12(20-10)13(17)21-16(18)22-14;/h2-5,8H,6-7H2,1H3,(H,24,25)(H4,17,18,19,21,22);/q;+1. The normalized spacial score (nSPS) is 10.3. The molecule has 3 aromatic rings. The molecule has 0 bridgehead atoms. The zero-order valence-corrected chi connectivity index (χ0v) is 16.5. The molecule has 0 aliphatic heterocycles. The number of carbonyl (C=O) groups is 1. The van der Waals surface area contributed by atoms with Crippen LogP contribution in [0.2, 0.25) is 0 Å². The third kappa shape index (κ3) is 4.37. The Kier molecular flexibility index (Phi) is 6.30. The van der Waals surface area contributed by atoms with Crippen molar-refractivity contribution in [3.63, 3.8) is 0 Å². The van der Waals surface area contributed by atoms with Crippen LogP contribution in [-0.4, -0.2) is 44.6 Å². The third-order valence-electron chi connectivity index (χ3n) is 3.76. The molecule has 0 aliphatic carbocycles. The van der Waals surface area contributed by atoms with E-state index in [-0.39, 0.29) is 46.9 Å². The van der Waals surface area contributed by atoms with Crippen molar-refractivity contribution in [3.05, 3.63) is 41.7 Å². The molecule has 0 saturated heterocycles. The summed E-state index contributed by atoms with van der Waals surface area (Å²) in [5.41, 5.74) is 14.1. The van der Waals surface area contributed by atoms with Crippen molar-refractivity contribution in [2.24, 2.45) is 0 Å². The average Bonchev–Trinajstić information content (AvgIpc) is 2.60. The number of hydrogen-bond donors (Lipinski definition) is 3. The molecule has 9 nitrogen and oxygen atoms in total. The molecule has 0 amide bonds. The SMILES string of the molecule is CN(CCc1cnc2nc(N)nc(N)c2n1)c1ccc(C(=O)O)cc1.[Na+]. The molecule has 3 rings (SSSR count). The minimum Gasteiger partial charge on any atom is -0.478 e. The van der Waals surface area contributed by atoms with Crippen molar-refractivity contribution in [2.75, 3.05) is 30.0 Å². The van der Waals surface area contributed by atoms with E-state index in [9.17, 15) is 4.79 Å². The maximum absolute atomic E-state index is 10.9. The Labute approximate surface area is 171 Å². The van der Waals surface area contributed by atoms with Crippen LogP contribution in [0, 0.1) is 0 Å². The molecule has 128 valence electrons. The first-order chi connectivity index (χ1) is 11.9. The summed E-state index contributed by atoms with van der Waals surface area (Å²) in [4.78, 5) is 29.5. The van der Waals surface area contributed by atoms with Crippen LogP contribution in [0.3, 0.4) is 0 Å². The van der Waals surface area contributed by atoms with Crippen LogP contribution in [0.1, 0.15) is 16.1 Å². The van der Waals surface area contributed by atoms with Crippen LogP contribution in [0.25, 0.3) is 11.2 Å². The van der Waals surface area contributed by atoms with E-state index >= 15 is 0 Å². The molecule has 0 atom stereocenters. The Morgan fingerprint density at radius 2 is 1.85 bits per heavy atom. The zero-order valence-electron chi connectivity index (χ0n) is 14.5. The molecule has 0 aliphatic rings. The van der Waals surface area contributed by atoms with E-state index in [4.69, 9.17) is 16.6 Å². The van der Waals surface area contributed by atoms with E-state index in [2.05, 4.69) is 19.9 Å². The largest absolute Gasteiger partial charge is 1.00 e. The molecule has 0 spiro atoms. The van der Waals surface area contributed by atoms with Gasteiger partial charge in [0.05, 0.1) is 17.5 Å². The second kappa shape index (κ2) is 8.26. The van der Waals surface area contributed by atoms with Gasteiger partial charge in [0.25, 0.3) is 0 Å². The topological polar surface area (TPSA) is 144 Å². The van der Waals surface area contributed by atoms with Crippen molar-refractivity contribution in [3.8, 4) is 0 Å². The van der Waals surface area contributed by atoms with Gasteiger partial charge in [-0.15, -0.1) is 0 Å². The minimum absolute atomic E-state index is 0. The van der Waals surface area contributed by atoms with Crippen LogP contribution in [0.15, 0.2) is 30.5 Å². The first-order valence-corrected chi connectivity index (χ1v) is 7.53. The molecule has 0 unspecified atom stereocenters. The van der Waals surface area contributed by atoms with E-state index in [1.54, 1.807) is 30.5 Å². The van der Waals surface area contributed by atoms with Crippen molar-refractivity contribution in [2.45, 2.75) is 6.42 Å². The number of anilines is 3. The van der Waals surface area contributed by atoms with Crippen molar-refractivity contribution in [1.29, 1.82) is 0 Å². The van der Waals surface area contributed by atoms with Gasteiger partial charge in [0.2, 0.25) is 5.95 Å². The van der Waals surface area contributed by atoms with E-state index in [0.29, 0.717) is 24.1 Å². The van der Waals surface area contributed by atoms with Gasteiger partial charge in [-0.1, -0.05) is 0 Å². The second-order valence-electron chi connectivity index (χ2n) is 5.52. The van der Waals surface area contributed by atoms with Crippen LogP contribution in [-0.2, 0) is 6.42 Å². The Morgan fingerprint density at radius 1 is 1.15 bits per heavy atom. The summed E-state index contributed by atoms with van der Waals surface area (Å²) in [6, 6.07) is 6.69. The van der Waals surface area contributed by atoms with Crippen molar-refractivity contribution < 1.29 is 39.5 Å². The number of nitrogens with zero attached hydrogens (tertiary/aromatic N) is 5. The molecule has 5 N–H and O–H groups in total. The van der Waals surface area contributed by atoms with Crippen LogP contribution in [0.5, 0.6) is 0 Å². The molecule has 2 heterocycles. The van der Waals surface area contributed by atoms with Crippen molar-refractivity contribution in [1.82, 2.24) is 19.9 Å². The number of fused-ring (bicyclic) bond motifs is 1. The number of carboxylic acid groups (broad SMARTS) is 1. The van der Waals surface area contributed by atoms with Gasteiger partial charge in [-0.25, -0.2) is 14.8 Å². The smallest absolute Gasteiger partial charge is 0.478 e. The molecule has 10 heteroatoms. The maximum atomic E-state index is 10.9. The van der Waals surface area contributed by atoms with E-state index in [0.717, 1.165) is 11.4 Å². The fourth-order valence-electron chi connectivity index (χ4n) is 2.37. The number of hydrogen-bond acceptors (Lipinski definition) is 8. The fraction of sp³-hybridized carbons (Fsp3) is 0.188. The van der Waals surface area contributed by atoms with Gasteiger partial charge in [-0.3, -0.25) is 0 Å². The number of benzene rings is 1. The summed E-state index contributed by atoms with van der Waals surface area (Å²) in [5, 5.41) is 8.94. The summed E-state index contributed by atoms with van der Waals surface area (Å²) >= 11 is 0. The monoisotopic (exact) mass is 362 g/mol. The summed E-state index contributed by atoms with van der Waals surface area (Å²) < 4.78 is 0. The molecule has 26 heavy (non-hydrogen) atoms. The minimum atomic E-state index is -0.943. The summed E-state index contributed by atoms with van der Waals surface area (Å²) in [6.07, 6.45) is 2.26. The summed E-state index contributed by atoms with van der Waals surface area (Å²) in [7, 11) is 1.92. The predicted octanol–water partition coefficient (Wildman–Crippen LogP) is -2.03. The number of rotatable bonds is 5. The van der Waals surface area contributed by atoms with Crippen LogP contribution < -0.4 is 45.9 Å². The van der Waals surface area contributed by atoms with Gasteiger partial charge >= 0.3 is 35.5 Å². The summed E-state index contributed by atoms with van der Waals surface area (Å²) in [5.74, 6) is -0.674. The number of aromatic carboxylic acids is 1. The number of nitrogens with two attached hydrogens (primary N) is 2. The fourth-order valence-corrected chi connectivity index (χ4v) is 2.37. The van der Waals surface area contributed by atoms with Crippen molar-refractivity contribution >= 4 is 34.6 Å². The quantitative estimate of drug-likeness (QED) is 0.437. The van der Waals surface area contributed by atoms with E-state index in [1.165, 1.54) is 0 Å². The first kappa shape index (κ1) is 19.8. The predicted molar refractivity (Wildman–Crippen MR) is 94.3 cm³/mol. The molecule has 0 saturated carbocycles. The average molecular weight is 362 g/mol. The third-order valence-corrected chi connectivity index (χ3v) is 3.76. The van der Waals surface area contributed by atoms with Gasteiger partial charge < -0.3 is 21.5 Å². The van der Waals surface area contributed by atoms with E-state index < -0.39 is 5.97 Å². The molecule has 1 aromatic carbocycles. The van der Waals surface area contributed by atoms with Gasteiger partial charge in [0, 0.05) is 25.7 Å². The number of nitrogen functional groups attached to an aromatic ring is 2. The second-order valence-corrected chi connectivity index (χ2v) is 5.52. The molecule has 0 fully saturated rings. The number of likely N-dealkylation sites (N-methyl/N-ethyl adjacent to an activating group) is 1. The Morgan fingerprint density at radius 3 is 2.50 bits per heavy atom. The van der Waals surface area contributed by atoms with Gasteiger partial charge in [-0.2, -0.15) is 9.97 Å². The van der Waals surface area contributed by atoms with E-state index in [1.807, 2.05) is 11.9 Å². The Hall–Kier alpha value is -2.49. The zero-order chi connectivity index (χ0) is 18.0. The first-order valence-electron chi connectivity index (χ1n) is 7.53. The Bertz CT molecular complexity index is 934. The molecular formula is C16H17N7NaO2+. The van der Waals surface area contributed by atoms with Gasteiger partial charge in [0.1, 0.15) is 0 Å². The summed E-state index contributed by atoms with van der Waals surface area (Å²) in [6.45, 7) is 0.669. The number of carboxylic acids is 1.